The molecule has 0 saturated carbocycles. The first-order chi connectivity index (χ1) is 15.3. The molecule has 0 saturated heterocycles. The summed E-state index contributed by atoms with van der Waals surface area (Å²) in [5, 5.41) is 19.1. The minimum atomic E-state index is -0.495. The number of anilines is 1. The number of nitro benzene ring substituents is 1. The molecule has 2 aromatic carbocycles. The van der Waals surface area contributed by atoms with Gasteiger partial charge in [-0.3, -0.25) is 19.5 Å². The fourth-order valence-electron chi connectivity index (χ4n) is 2.94. The molecule has 184 valence electrons. The second kappa shape index (κ2) is 12.4. The van der Waals surface area contributed by atoms with Gasteiger partial charge in [0.25, 0.3) is 0 Å². The summed E-state index contributed by atoms with van der Waals surface area (Å²) in [6.07, 6.45) is 3.16. The van der Waals surface area contributed by atoms with E-state index in [1.165, 1.54) is 24.2 Å². The van der Waals surface area contributed by atoms with E-state index in [2.05, 4.69) is 20.2 Å². The number of rotatable bonds is 5. The third kappa shape index (κ3) is 6.15. The van der Waals surface area contributed by atoms with E-state index in [1.54, 1.807) is 43.4 Å². The molecule has 2 N–H and O–H groups in total. The minimum Gasteiger partial charge on any atom is -0.494 e. The first-order valence-electron chi connectivity index (χ1n) is 9.31. The molecule has 12 nitrogen and oxygen atoms in total. The second-order valence-electron chi connectivity index (χ2n) is 6.53. The Balaban J connectivity index is 0.000000323. The predicted octanol–water partition coefficient (Wildman–Crippen LogP) is 2.92. The van der Waals surface area contributed by atoms with Crippen LogP contribution in [0.5, 0.6) is 11.5 Å². The van der Waals surface area contributed by atoms with Crippen molar-refractivity contribution in [1.82, 2.24) is 29.5 Å². The molecule has 4 rings (SSSR count). The molecular formula is C21H25N8O4Pd-. The fourth-order valence-corrected chi connectivity index (χ4v) is 2.94. The summed E-state index contributed by atoms with van der Waals surface area (Å²) in [6.45, 7) is 0. The van der Waals surface area contributed by atoms with Gasteiger partial charge in [0.2, 0.25) is 5.75 Å². The molecule has 0 fully saturated rings. The number of benzene rings is 2. The van der Waals surface area contributed by atoms with Crippen LogP contribution < -0.4 is 15.2 Å². The van der Waals surface area contributed by atoms with E-state index in [0.717, 1.165) is 5.56 Å². The first-order valence-corrected chi connectivity index (χ1v) is 9.31. The Kier molecular flexibility index (Phi) is 10.3. The third-order valence-corrected chi connectivity index (χ3v) is 4.33. The molecule has 2 heterocycles. The van der Waals surface area contributed by atoms with Crippen molar-refractivity contribution in [2.45, 2.75) is 0 Å². The van der Waals surface area contributed by atoms with E-state index in [0.29, 0.717) is 28.6 Å². The Labute approximate surface area is 210 Å². The van der Waals surface area contributed by atoms with Gasteiger partial charge in [-0.25, -0.2) is 9.97 Å². The summed E-state index contributed by atoms with van der Waals surface area (Å²) in [5.41, 5.74) is 7.58. The molecule has 0 aliphatic carbocycles. The molecule has 2 aromatic heterocycles. The van der Waals surface area contributed by atoms with Crippen LogP contribution in [0.25, 0.3) is 22.8 Å². The molecule has 0 amide bonds. The molecule has 0 aliphatic heterocycles. The van der Waals surface area contributed by atoms with Gasteiger partial charge >= 0.3 is 5.69 Å². The van der Waals surface area contributed by atoms with Crippen LogP contribution in [0, 0.1) is 17.5 Å². The number of para-hydroxylation sites is 2. The van der Waals surface area contributed by atoms with Gasteiger partial charge in [0.1, 0.15) is 12.7 Å². The summed E-state index contributed by atoms with van der Waals surface area (Å²) in [4.78, 5) is 18.6. The number of hydrogen-bond acceptors (Lipinski definition) is 9. The molecule has 0 radical (unpaired) electrons. The number of nitrogens with two attached hydrogens (primary N) is 1. The fraction of sp³-hybridized carbons (Fsp3) is 0.190. The van der Waals surface area contributed by atoms with Crippen molar-refractivity contribution >= 4 is 11.4 Å². The molecule has 34 heavy (non-hydrogen) atoms. The zero-order chi connectivity index (χ0) is 23.3. The predicted molar refractivity (Wildman–Crippen MR) is 123 cm³/mol. The van der Waals surface area contributed by atoms with Crippen molar-refractivity contribution in [3.8, 4) is 34.3 Å². The number of nitrogen functional groups attached to an aromatic ring is 1. The summed E-state index contributed by atoms with van der Waals surface area (Å²) in [6, 6.07) is 10.2. The molecule has 0 spiro atoms. The Morgan fingerprint density at radius 1 is 0.882 bits per heavy atom. The molecule has 0 unspecified atom stereocenters. The SMILES string of the molecule is COc1c(-c2ncn(C)n2)cccc1[N+](=O)[O-].COc1c(N)cccc1-c1ncn(C)n1.[CH3-].[Pd]. The van der Waals surface area contributed by atoms with Crippen molar-refractivity contribution in [2.24, 2.45) is 14.1 Å². The average Bonchev–Trinajstić information content (AvgIpc) is 3.41. The smallest absolute Gasteiger partial charge is 0.311 e. The third-order valence-electron chi connectivity index (χ3n) is 4.33. The maximum atomic E-state index is 10.8. The van der Waals surface area contributed by atoms with Crippen LogP contribution in [0.15, 0.2) is 49.1 Å². The molecule has 4 aromatic rings. The van der Waals surface area contributed by atoms with Crippen LogP contribution in [0.1, 0.15) is 0 Å². The topological polar surface area (TPSA) is 149 Å². The van der Waals surface area contributed by atoms with Crippen LogP contribution in [0.2, 0.25) is 0 Å². The van der Waals surface area contributed by atoms with Crippen molar-refractivity contribution in [3.63, 3.8) is 0 Å². The zero-order valence-electron chi connectivity index (χ0n) is 19.3. The minimum absolute atomic E-state index is 0. The Hall–Kier alpha value is -3.82. The van der Waals surface area contributed by atoms with Crippen LogP contribution >= 0.6 is 0 Å². The van der Waals surface area contributed by atoms with Gasteiger partial charge in [0.15, 0.2) is 17.4 Å². The maximum Gasteiger partial charge on any atom is 0.311 e. The van der Waals surface area contributed by atoms with Gasteiger partial charge < -0.3 is 22.6 Å². The van der Waals surface area contributed by atoms with Crippen molar-refractivity contribution in [1.29, 1.82) is 0 Å². The number of aromatic nitrogens is 6. The number of methoxy groups -OCH3 is 2. The van der Waals surface area contributed by atoms with E-state index in [1.807, 2.05) is 19.2 Å². The summed E-state index contributed by atoms with van der Waals surface area (Å²) in [7, 11) is 6.50. The van der Waals surface area contributed by atoms with E-state index >= 15 is 0 Å². The molecular weight excluding hydrogens is 535 g/mol. The summed E-state index contributed by atoms with van der Waals surface area (Å²) in [5.74, 6) is 1.79. The van der Waals surface area contributed by atoms with E-state index in [4.69, 9.17) is 15.2 Å². The summed E-state index contributed by atoms with van der Waals surface area (Å²) < 4.78 is 13.5. The quantitative estimate of drug-likeness (QED) is 0.128. The van der Waals surface area contributed by atoms with Gasteiger partial charge in [0.05, 0.1) is 36.0 Å². The summed E-state index contributed by atoms with van der Waals surface area (Å²) >= 11 is 0. The molecule has 13 heteroatoms. The number of nitrogens with zero attached hydrogens (tertiary/aromatic N) is 7. The molecule has 0 bridgehead atoms. The van der Waals surface area contributed by atoms with E-state index in [-0.39, 0.29) is 39.3 Å². The molecule has 0 aliphatic rings. The normalized spacial score (nSPS) is 9.65. The standard InChI is InChI=1S/C10H10N4O3.C10H12N4O.CH3.Pd/c1-13-6-11-10(12-13)7-4-3-5-8(14(15)16)9(7)17-2;1-14-6-12-10(13-14)7-4-3-5-8(11)9(7)15-2;;/h3-6H,1-2H3;3-6H,11H2,1-2H3;1H3;/q;;-1;. The van der Waals surface area contributed by atoms with E-state index in [9.17, 15) is 10.1 Å². The van der Waals surface area contributed by atoms with E-state index < -0.39 is 4.92 Å². The van der Waals surface area contributed by atoms with Crippen LogP contribution in [0.3, 0.4) is 0 Å². The maximum absolute atomic E-state index is 10.8. The van der Waals surface area contributed by atoms with Crippen molar-refractivity contribution in [2.75, 3.05) is 20.0 Å². The second-order valence-corrected chi connectivity index (χ2v) is 6.53. The van der Waals surface area contributed by atoms with Gasteiger partial charge in [-0.2, -0.15) is 10.2 Å². The van der Waals surface area contributed by atoms with Gasteiger partial charge in [0, 0.05) is 40.6 Å². The van der Waals surface area contributed by atoms with Crippen molar-refractivity contribution < 1.29 is 34.8 Å². The number of aryl methyl sites for hydroxylation is 2. The van der Waals surface area contributed by atoms with Gasteiger partial charge in [-0.05, 0) is 18.2 Å². The monoisotopic (exact) mass is 559 g/mol. The number of ether oxygens (including phenoxy) is 2. The number of hydrogen-bond donors (Lipinski definition) is 1. The zero-order valence-corrected chi connectivity index (χ0v) is 20.8. The Morgan fingerprint density at radius 3 is 1.76 bits per heavy atom. The van der Waals surface area contributed by atoms with Crippen LogP contribution in [0.4, 0.5) is 11.4 Å². The molecule has 0 atom stereocenters. The average molecular weight is 560 g/mol. The Morgan fingerprint density at radius 2 is 1.35 bits per heavy atom. The van der Waals surface area contributed by atoms with Gasteiger partial charge in [-0.1, -0.05) is 12.1 Å². The van der Waals surface area contributed by atoms with Gasteiger partial charge in [-0.15, -0.1) is 0 Å². The van der Waals surface area contributed by atoms with Crippen LogP contribution in [-0.2, 0) is 34.5 Å². The van der Waals surface area contributed by atoms with Crippen molar-refractivity contribution in [3.05, 3.63) is 66.6 Å². The first kappa shape index (κ1) is 28.2. The number of nitro groups is 1. The largest absolute Gasteiger partial charge is 0.494 e. The van der Waals surface area contributed by atoms with Crippen LogP contribution in [-0.4, -0.2) is 48.7 Å². The Bertz CT molecular complexity index is 1240.